The maximum atomic E-state index is 12.5. The number of imide groups is 1. The van der Waals surface area contributed by atoms with Crippen LogP contribution in [0.25, 0.3) is 0 Å². The second-order valence-electron chi connectivity index (χ2n) is 5.79. The summed E-state index contributed by atoms with van der Waals surface area (Å²) in [5, 5.41) is 4.97. The fraction of sp³-hybridized carbons (Fsp3) is 0.125. The molecule has 1 aliphatic heterocycles. The van der Waals surface area contributed by atoms with Gasteiger partial charge in [0.1, 0.15) is 10.4 Å². The van der Waals surface area contributed by atoms with E-state index in [0.717, 1.165) is 0 Å². The molecule has 2 aromatic rings. The van der Waals surface area contributed by atoms with E-state index in [2.05, 4.69) is 15.4 Å². The van der Waals surface area contributed by atoms with Crippen molar-refractivity contribution in [3.05, 3.63) is 58.1 Å². The molecular weight excluding hydrogens is 401 g/mol. The SMILES string of the molecule is CC1(c2ccc(NS(=O)(=O)c3cc(Cl)ccc3Cl)cc2)NC(=O)NC1=O. The highest BCUT2D eigenvalue weighted by atomic mass is 35.5. The first kappa shape index (κ1) is 18.5. The van der Waals surface area contributed by atoms with Crippen molar-refractivity contribution in [3.63, 3.8) is 0 Å². The van der Waals surface area contributed by atoms with Crippen molar-refractivity contribution in [2.24, 2.45) is 0 Å². The zero-order valence-electron chi connectivity index (χ0n) is 13.3. The van der Waals surface area contributed by atoms with Gasteiger partial charge in [-0.2, -0.15) is 0 Å². The van der Waals surface area contributed by atoms with E-state index in [1.807, 2.05) is 0 Å². The van der Waals surface area contributed by atoms with Crippen molar-refractivity contribution in [1.29, 1.82) is 0 Å². The molecule has 10 heteroatoms. The van der Waals surface area contributed by atoms with E-state index in [0.29, 0.717) is 5.56 Å². The fourth-order valence-corrected chi connectivity index (χ4v) is 4.33. The lowest BCUT2D eigenvalue weighted by atomic mass is 9.92. The molecule has 7 nitrogen and oxygen atoms in total. The molecule has 1 heterocycles. The van der Waals surface area contributed by atoms with Gasteiger partial charge in [-0.15, -0.1) is 0 Å². The van der Waals surface area contributed by atoms with Crippen molar-refractivity contribution in [3.8, 4) is 0 Å². The van der Waals surface area contributed by atoms with Gasteiger partial charge in [-0.05, 0) is 42.8 Å². The minimum atomic E-state index is -3.95. The van der Waals surface area contributed by atoms with E-state index in [1.165, 1.54) is 30.3 Å². The number of carbonyl (C=O) groups is 2. The summed E-state index contributed by atoms with van der Waals surface area (Å²) in [6, 6.07) is 9.59. The molecule has 136 valence electrons. The van der Waals surface area contributed by atoms with Crippen molar-refractivity contribution < 1.29 is 18.0 Å². The maximum Gasteiger partial charge on any atom is 0.322 e. The van der Waals surface area contributed by atoms with Crippen molar-refractivity contribution in [2.45, 2.75) is 17.4 Å². The van der Waals surface area contributed by atoms with Crippen molar-refractivity contribution in [2.75, 3.05) is 4.72 Å². The molecule has 3 rings (SSSR count). The van der Waals surface area contributed by atoms with Gasteiger partial charge in [0.2, 0.25) is 0 Å². The topological polar surface area (TPSA) is 104 Å². The van der Waals surface area contributed by atoms with Crippen molar-refractivity contribution >= 4 is 50.9 Å². The van der Waals surface area contributed by atoms with E-state index in [1.54, 1.807) is 19.1 Å². The number of hydrogen-bond acceptors (Lipinski definition) is 4. The number of amides is 3. The predicted octanol–water partition coefficient (Wildman–Crippen LogP) is 2.85. The Morgan fingerprint density at radius 3 is 2.27 bits per heavy atom. The number of hydrogen-bond donors (Lipinski definition) is 3. The number of urea groups is 1. The summed E-state index contributed by atoms with van der Waals surface area (Å²) in [5.41, 5.74) is -0.451. The minimum Gasteiger partial charge on any atom is -0.320 e. The first-order valence-corrected chi connectivity index (χ1v) is 9.58. The number of anilines is 1. The van der Waals surface area contributed by atoms with Gasteiger partial charge in [0.15, 0.2) is 0 Å². The summed E-state index contributed by atoms with van der Waals surface area (Å²) >= 11 is 11.8. The number of sulfonamides is 1. The first-order valence-electron chi connectivity index (χ1n) is 7.34. The van der Waals surface area contributed by atoms with Gasteiger partial charge in [0.25, 0.3) is 15.9 Å². The average molecular weight is 414 g/mol. The number of carbonyl (C=O) groups excluding carboxylic acids is 2. The van der Waals surface area contributed by atoms with Crippen molar-refractivity contribution in [1.82, 2.24) is 10.6 Å². The predicted molar refractivity (Wildman–Crippen MR) is 97.7 cm³/mol. The van der Waals surface area contributed by atoms with Gasteiger partial charge in [-0.25, -0.2) is 13.2 Å². The lowest BCUT2D eigenvalue weighted by molar-refractivity contribution is -0.123. The lowest BCUT2D eigenvalue weighted by Crippen LogP contribution is -2.40. The quantitative estimate of drug-likeness (QED) is 0.670. The van der Waals surface area contributed by atoms with Crippen LogP contribution in [0.1, 0.15) is 12.5 Å². The third kappa shape index (κ3) is 3.35. The molecule has 1 saturated heterocycles. The maximum absolute atomic E-state index is 12.5. The van der Waals surface area contributed by atoms with E-state index in [-0.39, 0.29) is 20.6 Å². The van der Waals surface area contributed by atoms with Gasteiger partial charge in [0.05, 0.1) is 5.02 Å². The Morgan fingerprint density at radius 2 is 1.69 bits per heavy atom. The van der Waals surface area contributed by atoms with E-state index >= 15 is 0 Å². The molecule has 0 radical (unpaired) electrons. The standard InChI is InChI=1S/C16H13Cl2N3O4S/c1-16(14(22)19-15(23)20-16)9-2-5-11(6-3-9)21-26(24,25)13-8-10(17)4-7-12(13)18/h2-8,21H,1H3,(H2,19,20,22,23). The van der Waals surface area contributed by atoms with Crippen LogP contribution >= 0.6 is 23.2 Å². The Hall–Kier alpha value is -2.29. The van der Waals surface area contributed by atoms with Gasteiger partial charge in [-0.3, -0.25) is 14.8 Å². The van der Waals surface area contributed by atoms with Gasteiger partial charge < -0.3 is 5.32 Å². The molecule has 3 amide bonds. The molecule has 26 heavy (non-hydrogen) atoms. The monoisotopic (exact) mass is 413 g/mol. The third-order valence-corrected chi connectivity index (χ3v) is 6.04. The first-order chi connectivity index (χ1) is 12.1. The summed E-state index contributed by atoms with van der Waals surface area (Å²) in [7, 11) is -3.95. The molecule has 3 N–H and O–H groups in total. The van der Waals surface area contributed by atoms with Gasteiger partial charge >= 0.3 is 6.03 Å². The molecule has 0 saturated carbocycles. The minimum absolute atomic E-state index is 0.0383. The second-order valence-corrected chi connectivity index (χ2v) is 8.29. The molecule has 0 aliphatic carbocycles. The van der Waals surface area contributed by atoms with Crippen LogP contribution in [0.2, 0.25) is 10.0 Å². The molecule has 1 atom stereocenters. The molecule has 1 aliphatic rings. The van der Waals surface area contributed by atoms with Crippen LogP contribution in [0.3, 0.4) is 0 Å². The molecule has 0 bridgehead atoms. The largest absolute Gasteiger partial charge is 0.322 e. The van der Waals surface area contributed by atoms with Crippen LogP contribution in [-0.2, 0) is 20.4 Å². The van der Waals surface area contributed by atoms with Crippen LogP contribution in [-0.4, -0.2) is 20.4 Å². The molecule has 1 unspecified atom stereocenters. The Bertz CT molecular complexity index is 1010. The molecule has 2 aromatic carbocycles. The van der Waals surface area contributed by atoms with Gasteiger partial charge in [-0.1, -0.05) is 35.3 Å². The molecule has 0 aromatic heterocycles. The second kappa shape index (κ2) is 6.46. The zero-order valence-corrected chi connectivity index (χ0v) is 15.7. The smallest absolute Gasteiger partial charge is 0.320 e. The number of halogens is 2. The highest BCUT2D eigenvalue weighted by Gasteiger charge is 2.43. The Morgan fingerprint density at radius 1 is 1.04 bits per heavy atom. The van der Waals surface area contributed by atoms with Gasteiger partial charge in [0, 0.05) is 10.7 Å². The van der Waals surface area contributed by atoms with Crippen LogP contribution in [0.5, 0.6) is 0 Å². The summed E-state index contributed by atoms with van der Waals surface area (Å²) in [6.07, 6.45) is 0. The Labute approximate surface area is 159 Å². The number of benzene rings is 2. The fourth-order valence-electron chi connectivity index (χ4n) is 2.51. The normalized spacial score (nSPS) is 19.8. The molecule has 0 spiro atoms. The molecule has 1 fully saturated rings. The zero-order chi connectivity index (χ0) is 19.1. The Balaban J connectivity index is 1.87. The summed E-state index contributed by atoms with van der Waals surface area (Å²) in [5.74, 6) is -0.485. The molecular formula is C16H13Cl2N3O4S. The lowest BCUT2D eigenvalue weighted by Gasteiger charge is -2.21. The number of nitrogens with one attached hydrogen (secondary N) is 3. The summed E-state index contributed by atoms with van der Waals surface area (Å²) < 4.78 is 27.4. The highest BCUT2D eigenvalue weighted by Crippen LogP contribution is 2.29. The van der Waals surface area contributed by atoms with E-state index in [4.69, 9.17) is 23.2 Å². The van der Waals surface area contributed by atoms with Crippen LogP contribution < -0.4 is 15.4 Å². The van der Waals surface area contributed by atoms with Crippen LogP contribution in [0.15, 0.2) is 47.4 Å². The summed E-state index contributed by atoms with van der Waals surface area (Å²) in [6.45, 7) is 1.55. The Kier molecular flexibility index (Phi) is 4.60. The van der Waals surface area contributed by atoms with E-state index < -0.39 is 27.5 Å². The van der Waals surface area contributed by atoms with E-state index in [9.17, 15) is 18.0 Å². The van der Waals surface area contributed by atoms with Crippen LogP contribution in [0, 0.1) is 0 Å². The number of rotatable bonds is 4. The third-order valence-electron chi connectivity index (χ3n) is 3.94. The summed E-state index contributed by atoms with van der Waals surface area (Å²) in [4.78, 5) is 23.1. The average Bonchev–Trinajstić information content (AvgIpc) is 2.83. The van der Waals surface area contributed by atoms with Crippen LogP contribution in [0.4, 0.5) is 10.5 Å². The highest BCUT2D eigenvalue weighted by molar-refractivity contribution is 7.92.